The quantitative estimate of drug-likeness (QED) is 0.725. The van der Waals surface area contributed by atoms with Gasteiger partial charge in [-0.2, -0.15) is 0 Å². The summed E-state index contributed by atoms with van der Waals surface area (Å²) < 4.78 is 1.91. The number of aromatic nitrogens is 2. The summed E-state index contributed by atoms with van der Waals surface area (Å²) in [7, 11) is 0. The summed E-state index contributed by atoms with van der Waals surface area (Å²) in [4.78, 5) is 30.3. The van der Waals surface area contributed by atoms with E-state index in [9.17, 15) is 9.59 Å². The maximum Gasteiger partial charge on any atom is 0.326 e. The molecule has 0 radical (unpaired) electrons. The molecule has 1 fully saturated rings. The molecule has 2 N–H and O–H groups in total. The smallest absolute Gasteiger partial charge is 0.326 e. The van der Waals surface area contributed by atoms with Crippen LogP contribution in [0.5, 0.6) is 0 Å². The lowest BCUT2D eigenvalue weighted by Gasteiger charge is -2.32. The second kappa shape index (κ2) is 7.47. The minimum atomic E-state index is -0.0205. The number of piperidine rings is 1. The Hall–Kier alpha value is -2.38. The normalized spacial score (nSPS) is 16.2. The molecule has 0 atom stereocenters. The lowest BCUT2D eigenvalue weighted by Crippen LogP contribution is -2.41. The van der Waals surface area contributed by atoms with E-state index in [0.717, 1.165) is 48.4 Å². The molecule has 7 heteroatoms. The molecule has 26 heavy (non-hydrogen) atoms. The first-order valence-corrected chi connectivity index (χ1v) is 9.83. The van der Waals surface area contributed by atoms with Crippen molar-refractivity contribution in [3.05, 3.63) is 57.1 Å². The van der Waals surface area contributed by atoms with Gasteiger partial charge in [0.25, 0.3) is 5.91 Å². The van der Waals surface area contributed by atoms with E-state index in [0.29, 0.717) is 6.54 Å². The number of para-hydroxylation sites is 2. The number of amides is 1. The number of thiophene rings is 1. The summed E-state index contributed by atoms with van der Waals surface area (Å²) in [6.45, 7) is 3.36. The van der Waals surface area contributed by atoms with Crippen molar-refractivity contribution in [2.45, 2.75) is 18.9 Å². The van der Waals surface area contributed by atoms with Crippen LogP contribution in [0, 0.1) is 0 Å². The van der Waals surface area contributed by atoms with Gasteiger partial charge in [-0.25, -0.2) is 4.79 Å². The summed E-state index contributed by atoms with van der Waals surface area (Å²) in [6, 6.07) is 11.8. The molecule has 1 aliphatic heterocycles. The van der Waals surface area contributed by atoms with E-state index in [1.54, 1.807) is 0 Å². The number of H-pyrrole nitrogens is 1. The molecular formula is C19H22N4O2S. The highest BCUT2D eigenvalue weighted by Gasteiger charge is 2.23. The first-order valence-electron chi connectivity index (χ1n) is 8.95. The number of aromatic amines is 1. The highest BCUT2D eigenvalue weighted by atomic mass is 32.1. The first-order chi connectivity index (χ1) is 12.7. The van der Waals surface area contributed by atoms with Crippen LogP contribution in [0.15, 0.2) is 46.6 Å². The van der Waals surface area contributed by atoms with Gasteiger partial charge in [0.1, 0.15) is 0 Å². The molecule has 3 aromatic rings. The molecule has 4 rings (SSSR count). The highest BCUT2D eigenvalue weighted by molar-refractivity contribution is 7.12. The van der Waals surface area contributed by atoms with E-state index < -0.39 is 0 Å². The summed E-state index contributed by atoms with van der Waals surface area (Å²) in [5.41, 5.74) is 1.86. The van der Waals surface area contributed by atoms with E-state index in [2.05, 4.69) is 15.2 Å². The average Bonchev–Trinajstić information content (AvgIpc) is 3.29. The van der Waals surface area contributed by atoms with Crippen molar-refractivity contribution in [3.8, 4) is 0 Å². The molecule has 0 spiro atoms. The van der Waals surface area contributed by atoms with Crippen LogP contribution in [0.4, 0.5) is 0 Å². The predicted octanol–water partition coefficient (Wildman–Crippen LogP) is 2.46. The third-order valence-corrected chi connectivity index (χ3v) is 5.87. The van der Waals surface area contributed by atoms with Crippen molar-refractivity contribution in [2.24, 2.45) is 0 Å². The number of likely N-dealkylation sites (tertiary alicyclic amines) is 1. The van der Waals surface area contributed by atoms with Crippen molar-refractivity contribution < 1.29 is 4.79 Å². The number of rotatable bonds is 5. The van der Waals surface area contributed by atoms with Gasteiger partial charge in [-0.3, -0.25) is 9.36 Å². The van der Waals surface area contributed by atoms with Crippen molar-refractivity contribution in [1.29, 1.82) is 0 Å². The minimum Gasteiger partial charge on any atom is -0.350 e. The number of hydrogen-bond acceptors (Lipinski definition) is 4. The molecule has 1 aromatic carbocycles. The highest BCUT2D eigenvalue weighted by Crippen LogP contribution is 2.24. The van der Waals surface area contributed by atoms with E-state index in [4.69, 9.17) is 0 Å². The molecule has 6 nitrogen and oxygen atoms in total. The van der Waals surface area contributed by atoms with Crippen molar-refractivity contribution >= 4 is 28.3 Å². The van der Waals surface area contributed by atoms with E-state index >= 15 is 0 Å². The van der Waals surface area contributed by atoms with Gasteiger partial charge in [0.2, 0.25) is 0 Å². The Morgan fingerprint density at radius 3 is 2.77 bits per heavy atom. The second-order valence-corrected chi connectivity index (χ2v) is 7.57. The van der Waals surface area contributed by atoms with Crippen LogP contribution in [0.2, 0.25) is 0 Å². The molecule has 0 bridgehead atoms. The van der Waals surface area contributed by atoms with Gasteiger partial charge in [0, 0.05) is 32.2 Å². The summed E-state index contributed by atoms with van der Waals surface area (Å²) >= 11 is 1.46. The third kappa shape index (κ3) is 3.45. The van der Waals surface area contributed by atoms with E-state index in [1.807, 2.05) is 46.3 Å². The zero-order valence-corrected chi connectivity index (χ0v) is 15.3. The van der Waals surface area contributed by atoms with Crippen LogP contribution in [0.3, 0.4) is 0 Å². The molecule has 1 saturated heterocycles. The maximum absolute atomic E-state index is 12.3. The van der Waals surface area contributed by atoms with E-state index in [1.165, 1.54) is 11.3 Å². The van der Waals surface area contributed by atoms with Gasteiger partial charge in [-0.1, -0.05) is 18.2 Å². The van der Waals surface area contributed by atoms with Gasteiger partial charge in [-0.05, 0) is 36.4 Å². The molecule has 1 amide bonds. The molecule has 0 aliphatic carbocycles. The molecule has 136 valence electrons. The maximum atomic E-state index is 12.3. The van der Waals surface area contributed by atoms with Crippen LogP contribution >= 0.6 is 11.3 Å². The predicted molar refractivity (Wildman–Crippen MR) is 104 cm³/mol. The topological polar surface area (TPSA) is 70.1 Å². The third-order valence-electron chi connectivity index (χ3n) is 5.00. The number of imidazole rings is 1. The monoisotopic (exact) mass is 370 g/mol. The van der Waals surface area contributed by atoms with Crippen molar-refractivity contribution in [2.75, 3.05) is 26.2 Å². The SMILES string of the molecule is O=C(NCCN1CCC(n2c(=O)[nH]c3ccccc32)CC1)c1cccs1. The Labute approximate surface area is 155 Å². The van der Waals surface area contributed by atoms with Gasteiger partial charge in [0.05, 0.1) is 15.9 Å². The van der Waals surface area contributed by atoms with Gasteiger partial charge < -0.3 is 15.2 Å². The number of nitrogens with zero attached hydrogens (tertiary/aromatic N) is 2. The number of benzene rings is 1. The second-order valence-electron chi connectivity index (χ2n) is 6.62. The average molecular weight is 370 g/mol. The largest absolute Gasteiger partial charge is 0.350 e. The van der Waals surface area contributed by atoms with Crippen LogP contribution in [0.25, 0.3) is 11.0 Å². The molecule has 1 aliphatic rings. The number of nitrogens with one attached hydrogen (secondary N) is 2. The number of fused-ring (bicyclic) bond motifs is 1. The Bertz CT molecular complexity index is 936. The first kappa shape index (κ1) is 17.1. The lowest BCUT2D eigenvalue weighted by molar-refractivity contribution is 0.0948. The number of carbonyl (C=O) groups excluding carboxylic acids is 1. The number of hydrogen-bond donors (Lipinski definition) is 2. The number of carbonyl (C=O) groups is 1. The van der Waals surface area contributed by atoms with Crippen molar-refractivity contribution in [3.63, 3.8) is 0 Å². The molecule has 0 unspecified atom stereocenters. The Balaban J connectivity index is 1.31. The fourth-order valence-electron chi connectivity index (χ4n) is 3.66. The zero-order valence-electron chi connectivity index (χ0n) is 14.5. The lowest BCUT2D eigenvalue weighted by atomic mass is 10.0. The Morgan fingerprint density at radius 2 is 2.00 bits per heavy atom. The summed E-state index contributed by atoms with van der Waals surface area (Å²) in [5, 5.41) is 4.88. The van der Waals surface area contributed by atoms with Crippen LogP contribution in [-0.4, -0.2) is 46.5 Å². The fourth-order valence-corrected chi connectivity index (χ4v) is 4.30. The van der Waals surface area contributed by atoms with E-state index in [-0.39, 0.29) is 17.6 Å². The van der Waals surface area contributed by atoms with Crippen LogP contribution in [-0.2, 0) is 0 Å². The standard InChI is InChI=1S/C19H22N4O2S/c24-18(17-6-3-13-26-17)20-9-12-22-10-7-14(8-11-22)23-16-5-2-1-4-15(16)21-19(23)25/h1-6,13-14H,7-12H2,(H,20,24)(H,21,25). The Kier molecular flexibility index (Phi) is 4.90. The Morgan fingerprint density at radius 1 is 1.19 bits per heavy atom. The van der Waals surface area contributed by atoms with Gasteiger partial charge >= 0.3 is 5.69 Å². The molecular weight excluding hydrogens is 348 g/mol. The molecule has 3 heterocycles. The van der Waals surface area contributed by atoms with Crippen molar-refractivity contribution in [1.82, 2.24) is 19.8 Å². The molecule has 2 aromatic heterocycles. The molecule has 0 saturated carbocycles. The summed E-state index contributed by atoms with van der Waals surface area (Å²) in [6.07, 6.45) is 1.89. The van der Waals surface area contributed by atoms with Gasteiger partial charge in [0.15, 0.2) is 0 Å². The van der Waals surface area contributed by atoms with Crippen LogP contribution < -0.4 is 11.0 Å². The van der Waals surface area contributed by atoms with Gasteiger partial charge in [-0.15, -0.1) is 11.3 Å². The summed E-state index contributed by atoms with van der Waals surface area (Å²) in [5.74, 6) is 0.000214. The zero-order chi connectivity index (χ0) is 17.9. The fraction of sp³-hybridized carbons (Fsp3) is 0.368. The van der Waals surface area contributed by atoms with Crippen LogP contribution in [0.1, 0.15) is 28.6 Å². The minimum absolute atomic E-state index is 0.000214.